The zero-order valence-corrected chi connectivity index (χ0v) is 13.1. The summed E-state index contributed by atoms with van der Waals surface area (Å²) in [4.78, 5) is 11.4. The topological polar surface area (TPSA) is 26.3 Å². The van der Waals surface area contributed by atoms with Crippen molar-refractivity contribution < 1.29 is 9.53 Å². The highest BCUT2D eigenvalue weighted by molar-refractivity contribution is 8.77. The van der Waals surface area contributed by atoms with Gasteiger partial charge in [-0.2, -0.15) is 0 Å². The number of ether oxygens (including phenoxy) is 1. The van der Waals surface area contributed by atoms with Crippen LogP contribution in [0.5, 0.6) is 0 Å². The second kappa shape index (κ2) is 11.0. The van der Waals surface area contributed by atoms with Gasteiger partial charge in [0.25, 0.3) is 0 Å². The maximum absolute atomic E-state index is 11.4. The number of esters is 1. The van der Waals surface area contributed by atoms with Crippen LogP contribution in [0.2, 0.25) is 0 Å². The molecule has 0 aromatic carbocycles. The highest BCUT2D eigenvalue weighted by atomic mass is 33.1. The monoisotopic (exact) mass is 290 g/mol. The second-order valence-electron chi connectivity index (χ2n) is 4.86. The lowest BCUT2D eigenvalue weighted by molar-refractivity contribution is -0.143. The van der Waals surface area contributed by atoms with Crippen LogP contribution in [0.1, 0.15) is 64.7 Å². The highest BCUT2D eigenvalue weighted by Gasteiger charge is 2.15. The van der Waals surface area contributed by atoms with E-state index in [2.05, 4.69) is 6.92 Å². The lowest BCUT2D eigenvalue weighted by atomic mass is 10.1. The molecular weight excluding hydrogens is 264 g/mol. The molecule has 1 rings (SSSR count). The first-order chi connectivity index (χ1) is 8.83. The fourth-order valence-corrected chi connectivity index (χ4v) is 5.02. The fraction of sp³-hybridized carbons (Fsp3) is 0.929. The molecule has 1 saturated heterocycles. The van der Waals surface area contributed by atoms with Gasteiger partial charge in [-0.25, -0.2) is 0 Å². The third kappa shape index (κ3) is 8.30. The number of carbonyl (C=O) groups is 1. The van der Waals surface area contributed by atoms with Gasteiger partial charge in [0.1, 0.15) is 0 Å². The van der Waals surface area contributed by atoms with Gasteiger partial charge in [-0.3, -0.25) is 4.79 Å². The van der Waals surface area contributed by atoms with Crippen molar-refractivity contribution in [1.82, 2.24) is 0 Å². The molecule has 1 aliphatic rings. The van der Waals surface area contributed by atoms with E-state index in [-0.39, 0.29) is 5.97 Å². The lowest BCUT2D eigenvalue weighted by Crippen LogP contribution is -2.06. The third-order valence-electron chi connectivity index (χ3n) is 3.15. The molecule has 18 heavy (non-hydrogen) atoms. The zero-order valence-electron chi connectivity index (χ0n) is 11.5. The molecule has 0 aromatic heterocycles. The van der Waals surface area contributed by atoms with Crippen molar-refractivity contribution >= 4 is 27.6 Å². The van der Waals surface area contributed by atoms with E-state index in [1.54, 1.807) is 0 Å². The van der Waals surface area contributed by atoms with Crippen LogP contribution in [-0.2, 0) is 9.53 Å². The predicted molar refractivity (Wildman–Crippen MR) is 82.0 cm³/mol. The van der Waals surface area contributed by atoms with Crippen molar-refractivity contribution in [3.63, 3.8) is 0 Å². The Hall–Kier alpha value is 0.170. The summed E-state index contributed by atoms with van der Waals surface area (Å²) < 4.78 is 5.21. The summed E-state index contributed by atoms with van der Waals surface area (Å²) in [7, 11) is 4.01. The Kier molecular flexibility index (Phi) is 9.95. The Bertz CT molecular complexity index is 216. The first-order valence-electron chi connectivity index (χ1n) is 7.27. The van der Waals surface area contributed by atoms with Gasteiger partial charge in [0.2, 0.25) is 0 Å². The molecule has 1 aliphatic heterocycles. The van der Waals surface area contributed by atoms with Crippen LogP contribution >= 0.6 is 21.6 Å². The molecule has 106 valence electrons. The van der Waals surface area contributed by atoms with E-state index in [1.165, 1.54) is 44.3 Å². The maximum Gasteiger partial charge on any atom is 0.305 e. The molecular formula is C14H26O2S2. The Labute approximate surface area is 119 Å². The third-order valence-corrected chi connectivity index (χ3v) is 6.15. The van der Waals surface area contributed by atoms with E-state index in [0.717, 1.165) is 18.1 Å². The number of hydrogen-bond acceptors (Lipinski definition) is 4. The Morgan fingerprint density at radius 1 is 1.22 bits per heavy atom. The molecule has 0 N–H and O–H groups in total. The van der Waals surface area contributed by atoms with Crippen molar-refractivity contribution in [1.29, 1.82) is 0 Å². The van der Waals surface area contributed by atoms with Crippen LogP contribution in [0.25, 0.3) is 0 Å². The molecule has 1 fully saturated rings. The first kappa shape index (κ1) is 16.2. The summed E-state index contributed by atoms with van der Waals surface area (Å²) in [5.41, 5.74) is 0. The highest BCUT2D eigenvalue weighted by Crippen LogP contribution is 2.39. The first-order valence-corrected chi connectivity index (χ1v) is 9.65. The quantitative estimate of drug-likeness (QED) is 0.327. The van der Waals surface area contributed by atoms with Crippen molar-refractivity contribution in [3.8, 4) is 0 Å². The van der Waals surface area contributed by atoms with Crippen LogP contribution in [0.3, 0.4) is 0 Å². The average molecular weight is 290 g/mol. The van der Waals surface area contributed by atoms with E-state index in [4.69, 9.17) is 4.74 Å². The van der Waals surface area contributed by atoms with E-state index in [9.17, 15) is 4.79 Å². The molecule has 0 radical (unpaired) electrons. The van der Waals surface area contributed by atoms with Crippen molar-refractivity contribution in [2.45, 2.75) is 70.0 Å². The molecule has 0 bridgehead atoms. The minimum absolute atomic E-state index is 0.0000477. The molecule has 0 aliphatic carbocycles. The minimum Gasteiger partial charge on any atom is -0.466 e. The normalized spacial score (nSPS) is 19.1. The van der Waals surface area contributed by atoms with Gasteiger partial charge in [-0.15, -0.1) is 0 Å². The summed E-state index contributed by atoms with van der Waals surface area (Å²) in [5, 5.41) is 0.833. The second-order valence-corrected chi connectivity index (χ2v) is 7.64. The lowest BCUT2D eigenvalue weighted by Gasteiger charge is -2.07. The molecule has 1 atom stereocenters. The molecule has 0 amide bonds. The van der Waals surface area contributed by atoms with Crippen LogP contribution in [0.4, 0.5) is 0 Å². The van der Waals surface area contributed by atoms with Gasteiger partial charge >= 0.3 is 5.97 Å². The summed E-state index contributed by atoms with van der Waals surface area (Å²) >= 11 is 0. The van der Waals surface area contributed by atoms with Crippen molar-refractivity contribution in [3.05, 3.63) is 0 Å². The van der Waals surface area contributed by atoms with Crippen molar-refractivity contribution in [2.75, 3.05) is 12.4 Å². The van der Waals surface area contributed by atoms with Gasteiger partial charge in [0, 0.05) is 17.4 Å². The molecule has 1 heterocycles. The van der Waals surface area contributed by atoms with E-state index < -0.39 is 0 Å². The van der Waals surface area contributed by atoms with Gasteiger partial charge in [-0.1, -0.05) is 54.2 Å². The molecule has 0 spiro atoms. The summed E-state index contributed by atoms with van der Waals surface area (Å²) in [6, 6.07) is 0. The van der Waals surface area contributed by atoms with Crippen LogP contribution < -0.4 is 0 Å². The minimum atomic E-state index is -0.0000477. The molecule has 0 saturated carbocycles. The summed E-state index contributed by atoms with van der Waals surface area (Å²) in [6.07, 6.45) is 10.1. The molecule has 1 unspecified atom stereocenters. The fourth-order valence-electron chi connectivity index (χ4n) is 1.99. The number of hydrogen-bond donors (Lipinski definition) is 0. The van der Waals surface area contributed by atoms with Gasteiger partial charge in [0.05, 0.1) is 6.61 Å². The Morgan fingerprint density at radius 2 is 2.11 bits per heavy atom. The van der Waals surface area contributed by atoms with E-state index >= 15 is 0 Å². The summed E-state index contributed by atoms with van der Waals surface area (Å²) in [6.45, 7) is 2.81. The van der Waals surface area contributed by atoms with Crippen LogP contribution in [0, 0.1) is 0 Å². The number of unbranched alkanes of at least 4 members (excludes halogenated alkanes) is 4. The Balaban J connectivity index is 1.84. The molecule has 2 nitrogen and oxygen atoms in total. The van der Waals surface area contributed by atoms with Crippen LogP contribution in [0.15, 0.2) is 0 Å². The maximum atomic E-state index is 11.4. The molecule has 4 heteroatoms. The predicted octanol–water partition coefficient (Wildman–Crippen LogP) is 4.82. The van der Waals surface area contributed by atoms with Gasteiger partial charge < -0.3 is 4.74 Å². The zero-order chi connectivity index (χ0) is 13.1. The number of carbonyl (C=O) groups excluding carboxylic acids is 1. The average Bonchev–Trinajstić information content (AvgIpc) is 2.87. The van der Waals surface area contributed by atoms with E-state index in [1.807, 2.05) is 21.6 Å². The van der Waals surface area contributed by atoms with Crippen molar-refractivity contribution in [2.24, 2.45) is 0 Å². The molecule has 0 aromatic rings. The van der Waals surface area contributed by atoms with E-state index in [0.29, 0.717) is 13.0 Å². The number of rotatable bonds is 10. The van der Waals surface area contributed by atoms with Gasteiger partial charge in [-0.05, 0) is 25.7 Å². The van der Waals surface area contributed by atoms with Crippen LogP contribution in [-0.4, -0.2) is 23.6 Å². The SMILES string of the molecule is CCCCCCOC(=O)CCCCC1CCSS1. The standard InChI is InChI=1S/C14H26O2S2/c1-2-3-4-7-11-16-14(15)9-6-5-8-13-10-12-17-18-13/h13H,2-12H2,1H3. The largest absolute Gasteiger partial charge is 0.466 e. The smallest absolute Gasteiger partial charge is 0.305 e. The Morgan fingerprint density at radius 3 is 2.83 bits per heavy atom. The van der Waals surface area contributed by atoms with Gasteiger partial charge in [0.15, 0.2) is 0 Å². The summed E-state index contributed by atoms with van der Waals surface area (Å²) in [5.74, 6) is 1.30.